The van der Waals surface area contributed by atoms with Crippen LogP contribution in [0.4, 0.5) is 0 Å². The molecule has 1 nitrogen and oxygen atoms in total. The summed E-state index contributed by atoms with van der Waals surface area (Å²) >= 11 is 3.55. The van der Waals surface area contributed by atoms with Crippen molar-refractivity contribution in [1.29, 1.82) is 0 Å². The van der Waals surface area contributed by atoms with Gasteiger partial charge >= 0.3 is 0 Å². The highest BCUT2D eigenvalue weighted by atomic mass is 79.9. The fourth-order valence-corrected chi connectivity index (χ4v) is 2.18. The van der Waals surface area contributed by atoms with Gasteiger partial charge < -0.3 is 4.79 Å². The predicted octanol–water partition coefficient (Wildman–Crippen LogP) is 2.14. The molecule has 0 aromatic carbocycles. The molecule has 0 amide bonds. The topological polar surface area (TPSA) is 17.1 Å². The Hall–Kier alpha value is 0.150. The van der Waals surface area contributed by atoms with Gasteiger partial charge in [0.15, 0.2) is 0 Å². The van der Waals surface area contributed by atoms with E-state index in [1.807, 2.05) is 0 Å². The van der Waals surface area contributed by atoms with Crippen molar-refractivity contribution in [2.45, 2.75) is 30.5 Å². The molecule has 0 aliphatic heterocycles. The molecule has 0 heterocycles. The van der Waals surface area contributed by atoms with Gasteiger partial charge in [0, 0.05) is 11.2 Å². The van der Waals surface area contributed by atoms with E-state index in [0.29, 0.717) is 10.7 Å². The fraction of sp³-hybridized carbons (Fsp3) is 0.857. The van der Waals surface area contributed by atoms with Crippen molar-refractivity contribution in [2.24, 2.45) is 5.92 Å². The fourth-order valence-electron chi connectivity index (χ4n) is 1.38. The summed E-state index contributed by atoms with van der Waals surface area (Å²) in [5.74, 6) is 0.627. The summed E-state index contributed by atoms with van der Waals surface area (Å²) in [5, 5.41) is 0. The Morgan fingerprint density at radius 2 is 2.33 bits per heavy atom. The molecule has 2 heteroatoms. The average molecular weight is 191 g/mol. The second-order valence-electron chi connectivity index (χ2n) is 2.61. The monoisotopic (exact) mass is 190 g/mol. The van der Waals surface area contributed by atoms with E-state index in [4.69, 9.17) is 0 Å². The third-order valence-electron chi connectivity index (χ3n) is 1.97. The Bertz CT molecular complexity index is 103. The average Bonchev–Trinajstić information content (AvgIpc) is 2.18. The summed E-state index contributed by atoms with van der Waals surface area (Å²) in [7, 11) is 0. The third kappa shape index (κ3) is 1.78. The lowest BCUT2D eigenvalue weighted by Gasteiger charge is -2.07. The Kier molecular flexibility index (Phi) is 2.70. The van der Waals surface area contributed by atoms with Crippen LogP contribution < -0.4 is 0 Å². The van der Waals surface area contributed by atoms with Gasteiger partial charge in [0.25, 0.3) is 0 Å². The summed E-state index contributed by atoms with van der Waals surface area (Å²) in [6, 6.07) is 0. The molecule has 0 aromatic rings. The van der Waals surface area contributed by atoms with Crippen molar-refractivity contribution in [2.75, 3.05) is 0 Å². The maximum Gasteiger partial charge on any atom is 0.120 e. The van der Waals surface area contributed by atoms with Crippen LogP contribution in [0.2, 0.25) is 0 Å². The van der Waals surface area contributed by atoms with Crippen molar-refractivity contribution in [3.63, 3.8) is 0 Å². The number of alkyl halides is 1. The summed E-state index contributed by atoms with van der Waals surface area (Å²) in [6.45, 7) is 0. The van der Waals surface area contributed by atoms with Crippen LogP contribution in [0.5, 0.6) is 0 Å². The van der Waals surface area contributed by atoms with Gasteiger partial charge in [-0.05, 0) is 18.8 Å². The number of rotatable bonds is 2. The van der Waals surface area contributed by atoms with Crippen molar-refractivity contribution < 1.29 is 4.79 Å². The van der Waals surface area contributed by atoms with Crippen molar-refractivity contribution >= 4 is 22.2 Å². The van der Waals surface area contributed by atoms with Gasteiger partial charge in [-0.3, -0.25) is 0 Å². The molecule has 2 atom stereocenters. The lowest BCUT2D eigenvalue weighted by atomic mass is 10.1. The smallest absolute Gasteiger partial charge is 0.120 e. The Labute approximate surface area is 64.0 Å². The summed E-state index contributed by atoms with van der Waals surface area (Å²) in [6.07, 6.45) is 5.54. The summed E-state index contributed by atoms with van der Waals surface area (Å²) in [4.78, 5) is 10.7. The van der Waals surface area contributed by atoms with Gasteiger partial charge in [0.1, 0.15) is 6.29 Å². The van der Waals surface area contributed by atoms with E-state index < -0.39 is 0 Å². The van der Waals surface area contributed by atoms with Gasteiger partial charge in [-0.1, -0.05) is 22.4 Å². The van der Waals surface area contributed by atoms with Crippen LogP contribution >= 0.6 is 15.9 Å². The number of aldehydes is 1. The maximum atomic E-state index is 10.1. The molecule has 0 aromatic heterocycles. The zero-order valence-electron chi connectivity index (χ0n) is 5.35. The molecular weight excluding hydrogens is 180 g/mol. The lowest BCUT2D eigenvalue weighted by molar-refractivity contribution is -0.108. The predicted molar refractivity (Wildman–Crippen MR) is 40.7 cm³/mol. The van der Waals surface area contributed by atoms with Crippen LogP contribution in [0.3, 0.4) is 0 Å². The van der Waals surface area contributed by atoms with Crippen LogP contribution in [-0.4, -0.2) is 11.1 Å². The van der Waals surface area contributed by atoms with E-state index in [1.165, 1.54) is 19.3 Å². The molecule has 1 rings (SSSR count). The minimum atomic E-state index is 0.614. The molecule has 2 unspecified atom stereocenters. The SMILES string of the molecule is O=CCC1CCCC1Br. The minimum absolute atomic E-state index is 0.614. The van der Waals surface area contributed by atoms with Gasteiger partial charge in [-0.25, -0.2) is 0 Å². The largest absolute Gasteiger partial charge is 0.303 e. The van der Waals surface area contributed by atoms with Crippen LogP contribution in [0.15, 0.2) is 0 Å². The van der Waals surface area contributed by atoms with Gasteiger partial charge in [0.2, 0.25) is 0 Å². The first-order valence-corrected chi connectivity index (χ1v) is 4.34. The van der Waals surface area contributed by atoms with Crippen LogP contribution in [0, 0.1) is 5.92 Å². The molecule has 1 saturated carbocycles. The van der Waals surface area contributed by atoms with Crippen LogP contribution in [0.1, 0.15) is 25.7 Å². The standard InChI is InChI=1S/C7H11BrO/c8-7-3-1-2-6(7)4-5-9/h5-7H,1-4H2. The first-order chi connectivity index (χ1) is 4.34. The first-order valence-electron chi connectivity index (χ1n) is 3.42. The molecule has 0 N–H and O–H groups in total. The minimum Gasteiger partial charge on any atom is -0.303 e. The molecule has 1 aliphatic carbocycles. The van der Waals surface area contributed by atoms with E-state index in [1.54, 1.807) is 0 Å². The highest BCUT2D eigenvalue weighted by Gasteiger charge is 2.23. The van der Waals surface area contributed by atoms with Gasteiger partial charge in [-0.15, -0.1) is 0 Å². The molecule has 1 fully saturated rings. The Morgan fingerprint density at radius 1 is 1.56 bits per heavy atom. The third-order valence-corrected chi connectivity index (χ3v) is 3.17. The van der Waals surface area contributed by atoms with Crippen LogP contribution in [-0.2, 0) is 4.79 Å². The summed E-state index contributed by atoms with van der Waals surface area (Å²) in [5.41, 5.74) is 0. The number of hydrogen-bond acceptors (Lipinski definition) is 1. The molecule has 1 aliphatic rings. The van der Waals surface area contributed by atoms with Crippen molar-refractivity contribution in [3.05, 3.63) is 0 Å². The number of carbonyl (C=O) groups excluding carboxylic acids is 1. The second-order valence-corrected chi connectivity index (χ2v) is 3.79. The van der Waals surface area contributed by atoms with Gasteiger partial charge in [0.05, 0.1) is 0 Å². The normalized spacial score (nSPS) is 34.8. The number of carbonyl (C=O) groups is 1. The molecule has 0 saturated heterocycles. The molecule has 52 valence electrons. The highest BCUT2D eigenvalue weighted by Crippen LogP contribution is 2.32. The van der Waals surface area contributed by atoms with E-state index in [9.17, 15) is 4.79 Å². The van der Waals surface area contributed by atoms with Crippen molar-refractivity contribution in [3.8, 4) is 0 Å². The summed E-state index contributed by atoms with van der Waals surface area (Å²) < 4.78 is 0. The molecule has 9 heavy (non-hydrogen) atoms. The Morgan fingerprint density at radius 3 is 2.78 bits per heavy atom. The number of halogens is 1. The Balaban J connectivity index is 2.30. The zero-order valence-corrected chi connectivity index (χ0v) is 6.93. The van der Waals surface area contributed by atoms with E-state index in [0.717, 1.165) is 12.7 Å². The highest BCUT2D eigenvalue weighted by molar-refractivity contribution is 9.09. The second kappa shape index (κ2) is 3.35. The number of hydrogen-bond donors (Lipinski definition) is 0. The van der Waals surface area contributed by atoms with Crippen LogP contribution in [0.25, 0.3) is 0 Å². The van der Waals surface area contributed by atoms with E-state index >= 15 is 0 Å². The molecule has 0 spiro atoms. The van der Waals surface area contributed by atoms with Crippen molar-refractivity contribution in [1.82, 2.24) is 0 Å². The first kappa shape index (κ1) is 7.26. The van der Waals surface area contributed by atoms with Gasteiger partial charge in [-0.2, -0.15) is 0 Å². The van der Waals surface area contributed by atoms with E-state index in [-0.39, 0.29) is 0 Å². The zero-order chi connectivity index (χ0) is 6.69. The maximum absolute atomic E-state index is 10.1. The quantitative estimate of drug-likeness (QED) is 0.482. The molecular formula is C7H11BrO. The molecule has 0 bridgehead atoms. The van der Waals surface area contributed by atoms with E-state index in [2.05, 4.69) is 15.9 Å². The molecule has 0 radical (unpaired) electrons. The lowest BCUT2D eigenvalue weighted by Crippen LogP contribution is -2.05.